The first kappa shape index (κ1) is 21.2. The minimum atomic E-state index is -0.490. The molecular weight excluding hydrogens is 435 g/mol. The van der Waals surface area contributed by atoms with Crippen LogP contribution in [0, 0.1) is 5.82 Å². The van der Waals surface area contributed by atoms with Gasteiger partial charge in [-0.25, -0.2) is 14.4 Å². The smallest absolute Gasteiger partial charge is 0.262 e. The van der Waals surface area contributed by atoms with E-state index in [9.17, 15) is 14.0 Å². The number of carbonyl (C=O) groups is 1. The Morgan fingerprint density at radius 2 is 1.90 bits per heavy atom. The summed E-state index contributed by atoms with van der Waals surface area (Å²) in [6.45, 7) is 3.79. The fourth-order valence-corrected chi connectivity index (χ4v) is 5.12. The lowest BCUT2D eigenvalue weighted by Crippen LogP contribution is -2.23. The molecular formula is C22H19FN4O2S2. The monoisotopic (exact) mass is 454 g/mol. The number of thioether (sulfide) groups is 1. The maximum Gasteiger partial charge on any atom is 0.262 e. The molecule has 1 amide bonds. The van der Waals surface area contributed by atoms with Gasteiger partial charge in [0.15, 0.2) is 10.3 Å². The summed E-state index contributed by atoms with van der Waals surface area (Å²) in [6.07, 6.45) is 0. The van der Waals surface area contributed by atoms with Crippen LogP contribution in [0.5, 0.6) is 0 Å². The van der Waals surface area contributed by atoms with Crippen LogP contribution in [0.25, 0.3) is 10.9 Å². The van der Waals surface area contributed by atoms with Crippen LogP contribution in [0.4, 0.5) is 15.2 Å². The van der Waals surface area contributed by atoms with E-state index in [-0.39, 0.29) is 17.2 Å². The van der Waals surface area contributed by atoms with Gasteiger partial charge in [0, 0.05) is 24.6 Å². The molecule has 0 bridgehead atoms. The maximum atomic E-state index is 14.2. The molecule has 0 fully saturated rings. The summed E-state index contributed by atoms with van der Waals surface area (Å²) in [6, 6.07) is 13.4. The highest BCUT2D eigenvalue weighted by molar-refractivity contribution is 7.98. The molecule has 0 aliphatic carbocycles. The minimum Gasteiger partial charge on any atom is -0.287 e. The van der Waals surface area contributed by atoms with Gasteiger partial charge in [0.05, 0.1) is 22.3 Å². The highest BCUT2D eigenvalue weighted by atomic mass is 32.2. The number of anilines is 2. The molecule has 0 saturated heterocycles. The number of thiazole rings is 1. The second-order valence-corrected chi connectivity index (χ2v) is 8.46. The van der Waals surface area contributed by atoms with E-state index in [0.29, 0.717) is 33.5 Å². The van der Waals surface area contributed by atoms with Gasteiger partial charge in [-0.2, -0.15) is 0 Å². The van der Waals surface area contributed by atoms with Gasteiger partial charge < -0.3 is 0 Å². The fourth-order valence-electron chi connectivity index (χ4n) is 3.18. The standard InChI is InChI=1S/C22H19FN4O2S2/c1-3-26-20(29)16-8-4-6-10-18(16)25-21(26)30-12-15-13-31-22(24-15)27(14(2)28)19-11-7-5-9-17(19)23/h4-11,13H,3,12H2,1-2H3. The number of halogens is 1. The Morgan fingerprint density at radius 1 is 1.16 bits per heavy atom. The van der Waals surface area contributed by atoms with Crippen molar-refractivity contribution in [2.75, 3.05) is 4.90 Å². The third-order valence-electron chi connectivity index (χ3n) is 4.63. The van der Waals surface area contributed by atoms with Crippen molar-refractivity contribution in [1.82, 2.24) is 14.5 Å². The number of nitrogens with zero attached hydrogens (tertiary/aromatic N) is 4. The van der Waals surface area contributed by atoms with E-state index >= 15 is 0 Å². The molecule has 0 spiro atoms. The van der Waals surface area contributed by atoms with Crippen molar-refractivity contribution in [1.29, 1.82) is 0 Å². The van der Waals surface area contributed by atoms with Crippen molar-refractivity contribution < 1.29 is 9.18 Å². The van der Waals surface area contributed by atoms with Crippen molar-refractivity contribution in [2.24, 2.45) is 0 Å². The van der Waals surface area contributed by atoms with Crippen LogP contribution in [0.2, 0.25) is 0 Å². The highest BCUT2D eigenvalue weighted by Gasteiger charge is 2.21. The number of fused-ring (bicyclic) bond motifs is 1. The number of benzene rings is 2. The molecule has 0 saturated carbocycles. The number of rotatable bonds is 6. The number of amides is 1. The summed E-state index contributed by atoms with van der Waals surface area (Å²) in [4.78, 5) is 35.4. The summed E-state index contributed by atoms with van der Waals surface area (Å²) in [7, 11) is 0. The molecule has 4 aromatic rings. The third kappa shape index (κ3) is 4.24. The van der Waals surface area contributed by atoms with Crippen LogP contribution in [-0.2, 0) is 17.1 Å². The van der Waals surface area contributed by atoms with Crippen molar-refractivity contribution >= 4 is 50.7 Å². The SMILES string of the molecule is CCn1c(SCc2csc(N(C(C)=O)c3ccccc3F)n2)nc2ccccc2c1=O. The Bertz CT molecular complexity index is 1320. The van der Waals surface area contributed by atoms with Crippen molar-refractivity contribution in [2.45, 2.75) is 31.3 Å². The van der Waals surface area contributed by atoms with Crippen LogP contribution in [0.3, 0.4) is 0 Å². The first-order valence-corrected chi connectivity index (χ1v) is 11.5. The number of hydrogen-bond donors (Lipinski definition) is 0. The summed E-state index contributed by atoms with van der Waals surface area (Å²) in [5.41, 5.74) is 1.47. The predicted molar refractivity (Wildman–Crippen MR) is 123 cm³/mol. The van der Waals surface area contributed by atoms with Crippen molar-refractivity contribution in [3.05, 3.63) is 75.8 Å². The van der Waals surface area contributed by atoms with Gasteiger partial charge in [0.25, 0.3) is 5.56 Å². The normalized spacial score (nSPS) is 11.1. The first-order valence-electron chi connectivity index (χ1n) is 9.61. The molecule has 2 aromatic heterocycles. The average molecular weight is 455 g/mol. The van der Waals surface area contributed by atoms with Crippen molar-refractivity contribution in [3.8, 4) is 0 Å². The van der Waals surface area contributed by atoms with Crippen LogP contribution in [0.1, 0.15) is 19.5 Å². The predicted octanol–water partition coefficient (Wildman–Crippen LogP) is 4.99. The number of aromatic nitrogens is 3. The van der Waals surface area contributed by atoms with Gasteiger partial charge in [-0.3, -0.25) is 19.1 Å². The largest absolute Gasteiger partial charge is 0.287 e. The molecule has 158 valence electrons. The van der Waals surface area contributed by atoms with E-state index in [1.54, 1.807) is 28.8 Å². The fraction of sp³-hybridized carbons (Fsp3) is 0.182. The lowest BCUT2D eigenvalue weighted by Gasteiger charge is -2.18. The molecule has 0 aliphatic rings. The van der Waals surface area contributed by atoms with Gasteiger partial charge >= 0.3 is 0 Å². The van der Waals surface area contributed by atoms with Crippen molar-refractivity contribution in [3.63, 3.8) is 0 Å². The molecule has 0 aliphatic heterocycles. The van der Waals surface area contributed by atoms with Gasteiger partial charge in [0.1, 0.15) is 5.82 Å². The Kier molecular flexibility index (Phi) is 6.15. The Morgan fingerprint density at radius 3 is 2.65 bits per heavy atom. The third-order valence-corrected chi connectivity index (χ3v) is 6.52. The molecule has 2 heterocycles. The van der Waals surface area contributed by atoms with E-state index in [0.717, 1.165) is 5.69 Å². The van der Waals surface area contributed by atoms with Gasteiger partial charge in [-0.15, -0.1) is 11.3 Å². The Labute approximate surface area is 186 Å². The second kappa shape index (κ2) is 8.99. The molecule has 6 nitrogen and oxygen atoms in total. The first-order chi connectivity index (χ1) is 15.0. The summed E-state index contributed by atoms with van der Waals surface area (Å²) in [5, 5.41) is 3.42. The molecule has 0 N–H and O–H groups in total. The molecule has 0 unspecified atom stereocenters. The number of hydrogen-bond acceptors (Lipinski definition) is 6. The average Bonchev–Trinajstić information content (AvgIpc) is 3.22. The van der Waals surface area contributed by atoms with E-state index in [4.69, 9.17) is 0 Å². The quantitative estimate of drug-likeness (QED) is 0.303. The van der Waals surface area contributed by atoms with Gasteiger partial charge in [-0.1, -0.05) is 36.0 Å². The zero-order chi connectivity index (χ0) is 22.0. The second-order valence-electron chi connectivity index (χ2n) is 6.68. The van der Waals surface area contributed by atoms with Gasteiger partial charge in [-0.05, 0) is 31.2 Å². The summed E-state index contributed by atoms with van der Waals surface area (Å²) in [5.74, 6) is -0.351. The minimum absolute atomic E-state index is 0.0723. The highest BCUT2D eigenvalue weighted by Crippen LogP contribution is 2.32. The van der Waals surface area contributed by atoms with E-state index < -0.39 is 5.82 Å². The van der Waals surface area contributed by atoms with E-state index in [1.807, 2.05) is 30.5 Å². The molecule has 9 heteroatoms. The summed E-state index contributed by atoms with van der Waals surface area (Å²) >= 11 is 2.67. The molecule has 0 radical (unpaired) electrons. The molecule has 0 atom stereocenters. The van der Waals surface area contributed by atoms with Gasteiger partial charge in [0.2, 0.25) is 5.91 Å². The lowest BCUT2D eigenvalue weighted by molar-refractivity contribution is -0.115. The van der Waals surface area contributed by atoms with Crippen LogP contribution >= 0.6 is 23.1 Å². The molecule has 31 heavy (non-hydrogen) atoms. The maximum absolute atomic E-state index is 14.2. The lowest BCUT2D eigenvalue weighted by atomic mass is 10.2. The zero-order valence-corrected chi connectivity index (χ0v) is 18.5. The number of carbonyl (C=O) groups excluding carboxylic acids is 1. The van der Waals surface area contributed by atoms with Crippen LogP contribution in [0.15, 0.2) is 63.9 Å². The number of para-hydroxylation sites is 2. The topological polar surface area (TPSA) is 68.1 Å². The Hall–Kier alpha value is -3.04. The summed E-state index contributed by atoms with van der Waals surface area (Å²) < 4.78 is 15.9. The van der Waals surface area contributed by atoms with Crippen LogP contribution in [-0.4, -0.2) is 20.4 Å². The van der Waals surface area contributed by atoms with Crippen LogP contribution < -0.4 is 10.5 Å². The Balaban J connectivity index is 1.61. The van der Waals surface area contributed by atoms with E-state index in [1.165, 1.54) is 41.0 Å². The van der Waals surface area contributed by atoms with E-state index in [2.05, 4.69) is 9.97 Å². The molecule has 2 aromatic carbocycles. The molecule has 4 rings (SSSR count). The zero-order valence-electron chi connectivity index (χ0n) is 16.9.